The quantitative estimate of drug-likeness (QED) is 0.495. The maximum atomic E-state index is 12.8. The number of nitro benzene ring substituents is 1. The van der Waals surface area contributed by atoms with Gasteiger partial charge in [0, 0.05) is 17.2 Å². The highest BCUT2D eigenvalue weighted by molar-refractivity contribution is 5.99. The van der Waals surface area contributed by atoms with Crippen molar-refractivity contribution in [1.82, 2.24) is 5.43 Å². The number of nitrogens with one attached hydrogen (secondary N) is 1. The molecular formula is C17H16FN3O4. The second kappa shape index (κ2) is 8.00. The summed E-state index contributed by atoms with van der Waals surface area (Å²) in [5, 5.41) is 14.9. The normalized spacial score (nSPS) is 11.1. The summed E-state index contributed by atoms with van der Waals surface area (Å²) in [4.78, 5) is 22.2. The molecule has 0 unspecified atom stereocenters. The van der Waals surface area contributed by atoms with Crippen molar-refractivity contribution >= 4 is 17.3 Å². The fraction of sp³-hybridized carbons (Fsp3) is 0.176. The minimum atomic E-state index is -0.509. The summed E-state index contributed by atoms with van der Waals surface area (Å²) < 4.78 is 18.0. The molecule has 0 aliphatic carbocycles. The molecule has 8 heteroatoms. The topological polar surface area (TPSA) is 93.8 Å². The molecule has 0 spiro atoms. The first kappa shape index (κ1) is 18.1. The number of ether oxygens (including phenoxy) is 1. The van der Waals surface area contributed by atoms with E-state index in [1.165, 1.54) is 30.3 Å². The highest BCUT2D eigenvalue weighted by atomic mass is 19.1. The van der Waals surface area contributed by atoms with Gasteiger partial charge in [-0.1, -0.05) is 12.1 Å². The summed E-state index contributed by atoms with van der Waals surface area (Å²) >= 11 is 0. The number of amides is 1. The SMILES string of the molecule is C/C(=N/NC(=O)COc1ccc(F)cc1)c1ccc(C)c([N+](=O)[O-])c1. The van der Waals surface area contributed by atoms with Crippen LogP contribution in [0.1, 0.15) is 18.1 Å². The molecule has 1 N–H and O–H groups in total. The largest absolute Gasteiger partial charge is 0.484 e. The molecule has 2 aromatic carbocycles. The van der Waals surface area contributed by atoms with E-state index in [0.717, 1.165) is 0 Å². The molecule has 0 aliphatic heterocycles. The Morgan fingerprint density at radius 3 is 2.60 bits per heavy atom. The summed E-state index contributed by atoms with van der Waals surface area (Å²) in [7, 11) is 0. The number of carbonyl (C=O) groups excluding carboxylic acids is 1. The van der Waals surface area contributed by atoms with E-state index in [4.69, 9.17) is 4.74 Å². The van der Waals surface area contributed by atoms with E-state index in [1.807, 2.05) is 0 Å². The molecule has 130 valence electrons. The number of nitrogens with zero attached hydrogens (tertiary/aromatic N) is 2. The minimum Gasteiger partial charge on any atom is -0.484 e. The highest BCUT2D eigenvalue weighted by Crippen LogP contribution is 2.19. The van der Waals surface area contributed by atoms with Crippen LogP contribution in [0.3, 0.4) is 0 Å². The molecule has 0 saturated heterocycles. The van der Waals surface area contributed by atoms with Crippen LogP contribution < -0.4 is 10.2 Å². The number of hydrazone groups is 1. The van der Waals surface area contributed by atoms with Crippen molar-refractivity contribution in [3.8, 4) is 5.75 Å². The minimum absolute atomic E-state index is 0.0157. The summed E-state index contributed by atoms with van der Waals surface area (Å²) in [6.45, 7) is 2.97. The number of hydrogen-bond acceptors (Lipinski definition) is 5. The van der Waals surface area contributed by atoms with Gasteiger partial charge in [0.05, 0.1) is 10.6 Å². The number of rotatable bonds is 6. The molecule has 7 nitrogen and oxygen atoms in total. The molecule has 25 heavy (non-hydrogen) atoms. The van der Waals surface area contributed by atoms with Gasteiger partial charge < -0.3 is 4.74 Å². The van der Waals surface area contributed by atoms with Gasteiger partial charge in [-0.3, -0.25) is 14.9 Å². The maximum absolute atomic E-state index is 12.8. The zero-order valence-electron chi connectivity index (χ0n) is 13.7. The van der Waals surface area contributed by atoms with Gasteiger partial charge in [0.1, 0.15) is 11.6 Å². The third kappa shape index (κ3) is 5.10. The van der Waals surface area contributed by atoms with Gasteiger partial charge in [0.2, 0.25) is 0 Å². The van der Waals surface area contributed by atoms with Crippen molar-refractivity contribution in [2.24, 2.45) is 5.10 Å². The van der Waals surface area contributed by atoms with Crippen molar-refractivity contribution in [3.63, 3.8) is 0 Å². The Kier molecular flexibility index (Phi) is 5.78. The number of aryl methyl sites for hydroxylation is 1. The molecule has 0 atom stereocenters. The summed E-state index contributed by atoms with van der Waals surface area (Å²) in [5.74, 6) is -0.555. The maximum Gasteiger partial charge on any atom is 0.277 e. The number of hydrogen-bond donors (Lipinski definition) is 1. The van der Waals surface area contributed by atoms with Crippen molar-refractivity contribution in [3.05, 3.63) is 69.5 Å². The van der Waals surface area contributed by atoms with E-state index in [-0.39, 0.29) is 12.3 Å². The predicted molar refractivity (Wildman–Crippen MR) is 90.1 cm³/mol. The lowest BCUT2D eigenvalue weighted by atomic mass is 10.1. The Morgan fingerprint density at radius 1 is 1.28 bits per heavy atom. The van der Waals surface area contributed by atoms with Crippen molar-refractivity contribution in [2.75, 3.05) is 6.61 Å². The van der Waals surface area contributed by atoms with Crippen LogP contribution in [-0.4, -0.2) is 23.1 Å². The third-order valence-electron chi connectivity index (χ3n) is 3.36. The first-order valence-electron chi connectivity index (χ1n) is 7.33. The Labute approximate surface area is 143 Å². The highest BCUT2D eigenvalue weighted by Gasteiger charge is 2.12. The molecule has 1 amide bonds. The van der Waals surface area contributed by atoms with Crippen LogP contribution in [0.15, 0.2) is 47.6 Å². The number of halogens is 1. The van der Waals surface area contributed by atoms with E-state index in [1.54, 1.807) is 26.0 Å². The van der Waals surface area contributed by atoms with Gasteiger partial charge >= 0.3 is 0 Å². The fourth-order valence-corrected chi connectivity index (χ4v) is 1.95. The Morgan fingerprint density at radius 2 is 1.96 bits per heavy atom. The van der Waals surface area contributed by atoms with Crippen LogP contribution in [0.25, 0.3) is 0 Å². The van der Waals surface area contributed by atoms with Crippen LogP contribution >= 0.6 is 0 Å². The lowest BCUT2D eigenvalue weighted by molar-refractivity contribution is -0.385. The van der Waals surface area contributed by atoms with E-state index < -0.39 is 16.6 Å². The third-order valence-corrected chi connectivity index (χ3v) is 3.36. The van der Waals surface area contributed by atoms with Crippen LogP contribution in [0.5, 0.6) is 5.75 Å². The van der Waals surface area contributed by atoms with E-state index >= 15 is 0 Å². The molecule has 0 radical (unpaired) electrons. The smallest absolute Gasteiger partial charge is 0.277 e. The van der Waals surface area contributed by atoms with Gasteiger partial charge in [0.15, 0.2) is 6.61 Å². The van der Waals surface area contributed by atoms with E-state index in [9.17, 15) is 19.3 Å². The zero-order valence-corrected chi connectivity index (χ0v) is 13.7. The molecule has 0 aromatic heterocycles. The van der Waals surface area contributed by atoms with Gasteiger partial charge in [-0.25, -0.2) is 9.82 Å². The zero-order chi connectivity index (χ0) is 18.4. The molecule has 0 aliphatic rings. The number of benzene rings is 2. The predicted octanol–water partition coefficient (Wildman–Crippen LogP) is 2.96. The fourth-order valence-electron chi connectivity index (χ4n) is 1.95. The summed E-state index contributed by atoms with van der Waals surface area (Å²) in [5.41, 5.74) is 3.77. The molecule has 0 bridgehead atoms. The molecule has 0 saturated carbocycles. The first-order valence-corrected chi connectivity index (χ1v) is 7.33. The van der Waals surface area contributed by atoms with Crippen LogP contribution in [-0.2, 0) is 4.79 Å². The standard InChI is InChI=1S/C17H16FN3O4/c1-11-3-4-13(9-16(11)21(23)24)12(2)19-20-17(22)10-25-15-7-5-14(18)6-8-15/h3-9H,10H2,1-2H3,(H,20,22)/b19-12-. The van der Waals surface area contributed by atoms with Crippen LogP contribution in [0.4, 0.5) is 10.1 Å². The number of carbonyl (C=O) groups is 1. The van der Waals surface area contributed by atoms with Crippen molar-refractivity contribution in [1.29, 1.82) is 0 Å². The van der Waals surface area contributed by atoms with E-state index in [0.29, 0.717) is 22.6 Å². The Bertz CT molecular complexity index is 819. The van der Waals surface area contributed by atoms with Crippen molar-refractivity contribution < 1.29 is 18.8 Å². The molecule has 0 heterocycles. The van der Waals surface area contributed by atoms with Gasteiger partial charge in [-0.2, -0.15) is 5.10 Å². The van der Waals surface area contributed by atoms with E-state index in [2.05, 4.69) is 10.5 Å². The van der Waals surface area contributed by atoms with Gasteiger partial charge in [0.25, 0.3) is 11.6 Å². The second-order valence-corrected chi connectivity index (χ2v) is 5.23. The van der Waals surface area contributed by atoms with Gasteiger partial charge in [-0.05, 0) is 38.1 Å². The molecular weight excluding hydrogens is 329 g/mol. The lowest BCUT2D eigenvalue weighted by Gasteiger charge is -2.06. The average Bonchev–Trinajstić information content (AvgIpc) is 2.59. The molecule has 0 fully saturated rings. The Balaban J connectivity index is 1.96. The average molecular weight is 345 g/mol. The van der Waals surface area contributed by atoms with Crippen molar-refractivity contribution in [2.45, 2.75) is 13.8 Å². The number of nitro groups is 1. The lowest BCUT2D eigenvalue weighted by Crippen LogP contribution is -2.25. The summed E-state index contributed by atoms with van der Waals surface area (Å²) in [6, 6.07) is 9.95. The van der Waals surface area contributed by atoms with Crippen LogP contribution in [0.2, 0.25) is 0 Å². The first-order chi connectivity index (χ1) is 11.9. The molecule has 2 aromatic rings. The second-order valence-electron chi connectivity index (χ2n) is 5.23. The Hall–Kier alpha value is -3.29. The monoisotopic (exact) mass is 345 g/mol. The van der Waals surface area contributed by atoms with Gasteiger partial charge in [-0.15, -0.1) is 0 Å². The summed E-state index contributed by atoms with van der Waals surface area (Å²) in [6.07, 6.45) is 0. The van der Waals surface area contributed by atoms with Crippen LogP contribution in [0, 0.1) is 22.9 Å². The molecule has 2 rings (SSSR count).